The lowest BCUT2D eigenvalue weighted by Gasteiger charge is -2.33. The molecule has 1 amide bonds. The Hall–Kier alpha value is -2.25. The van der Waals surface area contributed by atoms with Gasteiger partial charge in [0.25, 0.3) is 5.56 Å². The molecule has 0 aliphatic carbocycles. The van der Waals surface area contributed by atoms with E-state index in [-0.39, 0.29) is 17.6 Å². The van der Waals surface area contributed by atoms with E-state index >= 15 is 0 Å². The van der Waals surface area contributed by atoms with E-state index in [0.29, 0.717) is 58.2 Å². The molecule has 3 aromatic rings. The Labute approximate surface area is 177 Å². The van der Waals surface area contributed by atoms with Crippen molar-refractivity contribution in [3.05, 3.63) is 44.3 Å². The molecule has 29 heavy (non-hydrogen) atoms. The monoisotopic (exact) mass is 436 g/mol. The maximum atomic E-state index is 12.7. The van der Waals surface area contributed by atoms with Gasteiger partial charge in [0.15, 0.2) is 5.65 Å². The number of ether oxygens (including phenoxy) is 1. The van der Waals surface area contributed by atoms with Gasteiger partial charge in [-0.05, 0) is 45.7 Å². The van der Waals surface area contributed by atoms with Gasteiger partial charge in [-0.2, -0.15) is 0 Å². The van der Waals surface area contributed by atoms with Crippen molar-refractivity contribution in [1.82, 2.24) is 19.5 Å². The third kappa shape index (κ3) is 3.94. The largest absolute Gasteiger partial charge is 0.444 e. The number of H-pyrrole nitrogens is 1. The Bertz CT molecular complexity index is 1150. The normalized spacial score (nSPS) is 16.0. The highest BCUT2D eigenvalue weighted by molar-refractivity contribution is 6.39. The van der Waals surface area contributed by atoms with Crippen LogP contribution in [0.25, 0.3) is 16.6 Å². The van der Waals surface area contributed by atoms with E-state index in [4.69, 9.17) is 32.9 Å². The predicted octanol–water partition coefficient (Wildman–Crippen LogP) is 4.60. The average molecular weight is 437 g/mol. The Balaban J connectivity index is 1.62. The molecule has 4 rings (SSSR count). The lowest BCUT2D eigenvalue weighted by molar-refractivity contribution is 0.0204. The van der Waals surface area contributed by atoms with Crippen LogP contribution >= 0.6 is 23.2 Å². The van der Waals surface area contributed by atoms with Crippen molar-refractivity contribution in [2.45, 2.75) is 45.1 Å². The summed E-state index contributed by atoms with van der Waals surface area (Å²) in [6.07, 6.45) is 1.12. The number of aromatic amines is 1. The number of hydrogen-bond acceptors (Lipinski definition) is 4. The Morgan fingerprint density at radius 2 is 1.90 bits per heavy atom. The Kier molecular flexibility index (Phi) is 4.99. The molecule has 1 aliphatic heterocycles. The second kappa shape index (κ2) is 7.22. The van der Waals surface area contributed by atoms with Crippen LogP contribution < -0.4 is 5.56 Å². The Morgan fingerprint density at radius 3 is 2.55 bits per heavy atom. The number of carbonyl (C=O) groups excluding carboxylic acids is 1. The zero-order valence-corrected chi connectivity index (χ0v) is 18.0. The smallest absolute Gasteiger partial charge is 0.410 e. The number of hydrogen-bond donors (Lipinski definition) is 1. The second-order valence-electron chi connectivity index (χ2n) is 8.34. The summed E-state index contributed by atoms with van der Waals surface area (Å²) in [5, 5.41) is 4.60. The van der Waals surface area contributed by atoms with E-state index in [9.17, 15) is 9.59 Å². The van der Waals surface area contributed by atoms with Gasteiger partial charge in [0.05, 0.1) is 21.6 Å². The molecule has 0 unspecified atom stereocenters. The summed E-state index contributed by atoms with van der Waals surface area (Å²) in [6.45, 7) is 6.67. The lowest BCUT2D eigenvalue weighted by Crippen LogP contribution is -2.41. The number of nitrogens with zero attached hydrogens (tertiary/aromatic N) is 3. The first-order valence-corrected chi connectivity index (χ1v) is 10.3. The van der Waals surface area contributed by atoms with Crippen molar-refractivity contribution in [3.63, 3.8) is 0 Å². The molecule has 1 aromatic carbocycles. The predicted molar refractivity (Wildman–Crippen MR) is 113 cm³/mol. The third-order valence-electron chi connectivity index (χ3n) is 5.01. The van der Waals surface area contributed by atoms with E-state index < -0.39 is 5.60 Å². The van der Waals surface area contributed by atoms with Crippen LogP contribution in [0.15, 0.2) is 23.0 Å². The van der Waals surface area contributed by atoms with E-state index in [2.05, 4.69) is 5.10 Å². The fraction of sp³-hybridized carbons (Fsp3) is 0.450. The van der Waals surface area contributed by atoms with Crippen molar-refractivity contribution in [2.24, 2.45) is 0 Å². The van der Waals surface area contributed by atoms with Crippen molar-refractivity contribution in [3.8, 4) is 0 Å². The van der Waals surface area contributed by atoms with Crippen molar-refractivity contribution < 1.29 is 9.53 Å². The zero-order valence-electron chi connectivity index (χ0n) is 16.5. The van der Waals surface area contributed by atoms with Gasteiger partial charge in [0.2, 0.25) is 0 Å². The fourth-order valence-corrected chi connectivity index (χ4v) is 4.26. The minimum atomic E-state index is -0.521. The zero-order chi connectivity index (χ0) is 20.9. The summed E-state index contributed by atoms with van der Waals surface area (Å²) in [5.41, 5.74) is 1.13. The minimum absolute atomic E-state index is 0.0856. The molecule has 9 heteroatoms. The van der Waals surface area contributed by atoms with Crippen LogP contribution in [0.3, 0.4) is 0 Å². The van der Waals surface area contributed by atoms with Crippen LogP contribution in [0.1, 0.15) is 45.2 Å². The highest BCUT2D eigenvalue weighted by Gasteiger charge is 2.28. The maximum absolute atomic E-state index is 12.7. The highest BCUT2D eigenvalue weighted by atomic mass is 35.5. The number of benzene rings is 1. The van der Waals surface area contributed by atoms with Crippen molar-refractivity contribution in [1.29, 1.82) is 0 Å². The molecule has 0 atom stereocenters. The molecule has 1 fully saturated rings. The van der Waals surface area contributed by atoms with E-state index in [0.717, 1.165) is 0 Å². The van der Waals surface area contributed by atoms with E-state index in [1.807, 2.05) is 20.8 Å². The molecule has 7 nitrogen and oxygen atoms in total. The van der Waals surface area contributed by atoms with Crippen LogP contribution in [-0.2, 0) is 4.74 Å². The maximum Gasteiger partial charge on any atom is 0.410 e. The molecule has 1 saturated heterocycles. The van der Waals surface area contributed by atoms with E-state index in [1.54, 1.807) is 23.1 Å². The molecular weight excluding hydrogens is 415 g/mol. The second-order valence-corrected chi connectivity index (χ2v) is 9.19. The van der Waals surface area contributed by atoms with Gasteiger partial charge in [-0.1, -0.05) is 23.2 Å². The number of rotatable bonds is 1. The summed E-state index contributed by atoms with van der Waals surface area (Å²) in [7, 11) is 0. The SMILES string of the molecule is CC(C)(C)OC(=O)N1CCC(c2cc(=O)n3[nH]c4cc(Cl)cc(Cl)c4c3n2)CC1. The first kappa shape index (κ1) is 20.0. The summed E-state index contributed by atoms with van der Waals surface area (Å²) >= 11 is 12.4. The van der Waals surface area contributed by atoms with Crippen molar-refractivity contribution >= 4 is 45.8 Å². The van der Waals surface area contributed by atoms with Gasteiger partial charge in [-0.15, -0.1) is 0 Å². The number of amides is 1. The van der Waals surface area contributed by atoms with Gasteiger partial charge in [0.1, 0.15) is 5.60 Å². The van der Waals surface area contributed by atoms with Crippen molar-refractivity contribution in [2.75, 3.05) is 13.1 Å². The van der Waals surface area contributed by atoms with Crippen LogP contribution in [0, 0.1) is 0 Å². The van der Waals surface area contributed by atoms with Crippen LogP contribution in [0.4, 0.5) is 4.79 Å². The van der Waals surface area contributed by atoms with Crippen LogP contribution in [-0.4, -0.2) is 44.3 Å². The van der Waals surface area contributed by atoms with E-state index in [1.165, 1.54) is 4.52 Å². The van der Waals surface area contributed by atoms with Gasteiger partial charge in [-0.3, -0.25) is 9.89 Å². The summed E-state index contributed by atoms with van der Waals surface area (Å²) < 4.78 is 6.83. The molecule has 2 aromatic heterocycles. The first-order chi connectivity index (χ1) is 13.6. The van der Waals surface area contributed by atoms with Crippen LogP contribution in [0.2, 0.25) is 10.0 Å². The molecule has 0 saturated carbocycles. The number of carbonyl (C=O) groups is 1. The minimum Gasteiger partial charge on any atom is -0.444 e. The fourth-order valence-electron chi connectivity index (χ4n) is 3.68. The summed E-state index contributed by atoms with van der Waals surface area (Å²) in [6, 6.07) is 4.90. The number of piperidine rings is 1. The molecule has 3 heterocycles. The number of likely N-dealkylation sites (tertiary alicyclic amines) is 1. The number of fused-ring (bicyclic) bond motifs is 3. The lowest BCUT2D eigenvalue weighted by atomic mass is 9.93. The number of aromatic nitrogens is 3. The topological polar surface area (TPSA) is 79.7 Å². The Morgan fingerprint density at radius 1 is 1.21 bits per heavy atom. The molecule has 0 bridgehead atoms. The highest BCUT2D eigenvalue weighted by Crippen LogP contribution is 2.32. The summed E-state index contributed by atoms with van der Waals surface area (Å²) in [4.78, 5) is 31.4. The number of halogens is 2. The standard InChI is InChI=1S/C20H22Cl2N4O3/c1-20(2,3)29-19(28)25-6-4-11(5-7-25)14-10-16(27)26-18(23-14)17-13(22)8-12(21)9-15(17)24-26/h8-11,24H,4-7H2,1-3H3. The average Bonchev–Trinajstić information content (AvgIpc) is 2.99. The van der Waals surface area contributed by atoms with Crippen LogP contribution in [0.5, 0.6) is 0 Å². The first-order valence-electron chi connectivity index (χ1n) is 9.51. The number of nitrogens with one attached hydrogen (secondary N) is 1. The summed E-state index contributed by atoms with van der Waals surface area (Å²) in [5.74, 6) is 0.0856. The molecule has 0 spiro atoms. The molecule has 1 aliphatic rings. The molecular formula is C20H22Cl2N4O3. The molecule has 0 radical (unpaired) electrons. The molecule has 1 N–H and O–H groups in total. The molecule has 154 valence electrons. The van der Waals surface area contributed by atoms with Gasteiger partial charge in [-0.25, -0.2) is 14.3 Å². The van der Waals surface area contributed by atoms with Gasteiger partial charge >= 0.3 is 6.09 Å². The third-order valence-corrected chi connectivity index (χ3v) is 5.53. The van der Waals surface area contributed by atoms with Gasteiger partial charge < -0.3 is 9.64 Å². The quantitative estimate of drug-likeness (QED) is 0.604. The van der Waals surface area contributed by atoms with Gasteiger partial charge in [0, 0.05) is 30.1 Å².